The molecule has 1 saturated heterocycles. The van der Waals surface area contributed by atoms with E-state index in [0.717, 1.165) is 32.6 Å². The zero-order valence-corrected chi connectivity index (χ0v) is 14.0. The molecular weight excluding hydrogens is 287 g/mol. The van der Waals surface area contributed by atoms with E-state index < -0.39 is 0 Å². The summed E-state index contributed by atoms with van der Waals surface area (Å²) >= 11 is 0. The summed E-state index contributed by atoms with van der Waals surface area (Å²) < 4.78 is 13.6. The number of unbranched alkanes of at least 4 members (excludes halogenated alkanes) is 2. The molecule has 0 spiro atoms. The standard InChI is InChI=1S/C17H27FN2.ClH/c1-3-4-5-6-17(20-11-9-19-10-12-20)16-13-15(18)8-7-14(16)2;/h7-8,13,17,19H,3-6,9-12H2,1-2H3;1H/t17-;/m0./s1. The molecule has 4 heteroatoms. The Bertz CT molecular complexity index is 419. The summed E-state index contributed by atoms with van der Waals surface area (Å²) in [6, 6.07) is 5.60. The van der Waals surface area contributed by atoms with Crippen molar-refractivity contribution in [3.05, 3.63) is 35.1 Å². The van der Waals surface area contributed by atoms with Gasteiger partial charge in [-0.05, 0) is 36.6 Å². The molecule has 0 aliphatic carbocycles. The van der Waals surface area contributed by atoms with E-state index in [9.17, 15) is 4.39 Å². The average Bonchev–Trinajstić information content (AvgIpc) is 2.48. The zero-order chi connectivity index (χ0) is 14.4. The number of benzene rings is 1. The van der Waals surface area contributed by atoms with Crippen molar-refractivity contribution >= 4 is 12.4 Å². The highest BCUT2D eigenvalue weighted by Crippen LogP contribution is 2.30. The fourth-order valence-corrected chi connectivity index (χ4v) is 3.09. The second-order valence-electron chi connectivity index (χ2n) is 5.80. The highest BCUT2D eigenvalue weighted by Gasteiger charge is 2.23. The molecule has 0 aromatic heterocycles. The van der Waals surface area contributed by atoms with Gasteiger partial charge in [-0.3, -0.25) is 4.90 Å². The minimum atomic E-state index is -0.110. The van der Waals surface area contributed by atoms with E-state index in [2.05, 4.69) is 24.1 Å². The van der Waals surface area contributed by atoms with Crippen LogP contribution in [0.15, 0.2) is 18.2 Å². The van der Waals surface area contributed by atoms with E-state index >= 15 is 0 Å². The minimum Gasteiger partial charge on any atom is -0.314 e. The van der Waals surface area contributed by atoms with Crippen LogP contribution in [-0.2, 0) is 0 Å². The molecule has 1 aromatic rings. The lowest BCUT2D eigenvalue weighted by Gasteiger charge is -2.36. The monoisotopic (exact) mass is 314 g/mol. The maximum atomic E-state index is 13.6. The van der Waals surface area contributed by atoms with Crippen LogP contribution in [0.25, 0.3) is 0 Å². The quantitative estimate of drug-likeness (QED) is 0.796. The van der Waals surface area contributed by atoms with Crippen LogP contribution >= 0.6 is 12.4 Å². The molecule has 0 bridgehead atoms. The SMILES string of the molecule is CCCCC[C@@H](c1cc(F)ccc1C)N1CCNCC1.Cl. The normalized spacial score (nSPS) is 17.3. The van der Waals surface area contributed by atoms with Gasteiger partial charge in [0.1, 0.15) is 5.82 Å². The topological polar surface area (TPSA) is 15.3 Å². The smallest absolute Gasteiger partial charge is 0.123 e. The summed E-state index contributed by atoms with van der Waals surface area (Å²) in [5, 5.41) is 3.40. The van der Waals surface area contributed by atoms with E-state index in [1.807, 2.05) is 6.07 Å². The molecular formula is C17H28ClFN2. The molecule has 1 aromatic carbocycles. The Hall–Kier alpha value is -0.640. The van der Waals surface area contributed by atoms with Crippen LogP contribution in [0.5, 0.6) is 0 Å². The van der Waals surface area contributed by atoms with Crippen LogP contribution in [0.4, 0.5) is 4.39 Å². The van der Waals surface area contributed by atoms with Crippen LogP contribution in [0, 0.1) is 12.7 Å². The predicted molar refractivity (Wildman–Crippen MR) is 89.7 cm³/mol. The molecule has 21 heavy (non-hydrogen) atoms. The summed E-state index contributed by atoms with van der Waals surface area (Å²) in [4.78, 5) is 2.52. The molecule has 2 nitrogen and oxygen atoms in total. The van der Waals surface area contributed by atoms with E-state index in [1.165, 1.54) is 30.4 Å². The molecule has 1 heterocycles. The van der Waals surface area contributed by atoms with Gasteiger partial charge < -0.3 is 5.32 Å². The molecule has 0 radical (unpaired) electrons. The molecule has 1 fully saturated rings. The molecule has 2 rings (SSSR count). The van der Waals surface area contributed by atoms with Gasteiger partial charge >= 0.3 is 0 Å². The van der Waals surface area contributed by atoms with Gasteiger partial charge in [-0.1, -0.05) is 32.3 Å². The predicted octanol–water partition coefficient (Wildman–Crippen LogP) is 4.08. The highest BCUT2D eigenvalue weighted by atomic mass is 35.5. The Morgan fingerprint density at radius 2 is 1.95 bits per heavy atom. The third-order valence-corrected chi connectivity index (χ3v) is 4.27. The van der Waals surface area contributed by atoms with Gasteiger partial charge in [-0.25, -0.2) is 4.39 Å². The summed E-state index contributed by atoms with van der Waals surface area (Å²) in [6.45, 7) is 8.54. The Kier molecular flexibility index (Phi) is 8.23. The first-order valence-corrected chi connectivity index (χ1v) is 7.93. The first-order chi connectivity index (χ1) is 9.72. The second-order valence-corrected chi connectivity index (χ2v) is 5.80. The zero-order valence-electron chi connectivity index (χ0n) is 13.2. The molecule has 0 saturated carbocycles. The third-order valence-electron chi connectivity index (χ3n) is 4.27. The fraction of sp³-hybridized carbons (Fsp3) is 0.647. The van der Waals surface area contributed by atoms with Crippen LogP contribution in [0.2, 0.25) is 0 Å². The Labute approximate surface area is 134 Å². The van der Waals surface area contributed by atoms with E-state index in [1.54, 1.807) is 12.1 Å². The van der Waals surface area contributed by atoms with E-state index in [-0.39, 0.29) is 18.2 Å². The molecule has 1 aliphatic rings. The van der Waals surface area contributed by atoms with Crippen molar-refractivity contribution in [1.29, 1.82) is 0 Å². The molecule has 120 valence electrons. The van der Waals surface area contributed by atoms with Gasteiger partial charge in [0, 0.05) is 32.2 Å². The minimum absolute atomic E-state index is 0. The maximum absolute atomic E-state index is 13.6. The van der Waals surface area contributed by atoms with E-state index in [4.69, 9.17) is 0 Å². The molecule has 0 amide bonds. The summed E-state index contributed by atoms with van der Waals surface area (Å²) in [6.07, 6.45) is 4.85. The summed E-state index contributed by atoms with van der Waals surface area (Å²) in [5.41, 5.74) is 2.40. The van der Waals surface area contributed by atoms with Crippen molar-refractivity contribution in [2.45, 2.75) is 45.6 Å². The second kappa shape index (κ2) is 9.39. The Morgan fingerprint density at radius 1 is 1.24 bits per heavy atom. The van der Waals surface area contributed by atoms with Crippen LogP contribution in [0.3, 0.4) is 0 Å². The van der Waals surface area contributed by atoms with Crippen molar-refractivity contribution in [1.82, 2.24) is 10.2 Å². The van der Waals surface area contributed by atoms with Gasteiger partial charge in [0.15, 0.2) is 0 Å². The lowest BCUT2D eigenvalue weighted by molar-refractivity contribution is 0.162. The van der Waals surface area contributed by atoms with Crippen LogP contribution in [0.1, 0.15) is 49.8 Å². The lowest BCUT2D eigenvalue weighted by atomic mass is 9.94. The highest BCUT2D eigenvalue weighted by molar-refractivity contribution is 5.85. The largest absolute Gasteiger partial charge is 0.314 e. The first kappa shape index (κ1) is 18.4. The van der Waals surface area contributed by atoms with Crippen molar-refractivity contribution in [2.24, 2.45) is 0 Å². The van der Waals surface area contributed by atoms with Gasteiger partial charge in [-0.2, -0.15) is 0 Å². The molecule has 1 N–H and O–H groups in total. The number of piperazine rings is 1. The van der Waals surface area contributed by atoms with Gasteiger partial charge in [0.05, 0.1) is 0 Å². The van der Waals surface area contributed by atoms with Crippen LogP contribution < -0.4 is 5.32 Å². The van der Waals surface area contributed by atoms with Gasteiger partial charge in [0.2, 0.25) is 0 Å². The number of rotatable bonds is 6. The lowest BCUT2D eigenvalue weighted by Crippen LogP contribution is -2.45. The number of nitrogens with zero attached hydrogens (tertiary/aromatic N) is 1. The molecule has 1 atom stereocenters. The maximum Gasteiger partial charge on any atom is 0.123 e. The first-order valence-electron chi connectivity index (χ1n) is 7.93. The number of aryl methyl sites for hydroxylation is 1. The average molecular weight is 315 g/mol. The van der Waals surface area contributed by atoms with Crippen molar-refractivity contribution in [2.75, 3.05) is 26.2 Å². The Morgan fingerprint density at radius 3 is 2.62 bits per heavy atom. The molecule has 0 unspecified atom stereocenters. The van der Waals surface area contributed by atoms with Gasteiger partial charge in [0.25, 0.3) is 0 Å². The number of hydrogen-bond acceptors (Lipinski definition) is 2. The summed E-state index contributed by atoms with van der Waals surface area (Å²) in [7, 11) is 0. The van der Waals surface area contributed by atoms with Crippen LogP contribution in [-0.4, -0.2) is 31.1 Å². The molecule has 1 aliphatic heterocycles. The number of hydrogen-bond donors (Lipinski definition) is 1. The Balaban J connectivity index is 0.00000220. The van der Waals surface area contributed by atoms with Crippen molar-refractivity contribution in [3.8, 4) is 0 Å². The number of halogens is 2. The summed E-state index contributed by atoms with van der Waals surface area (Å²) in [5.74, 6) is -0.110. The fourth-order valence-electron chi connectivity index (χ4n) is 3.09. The van der Waals surface area contributed by atoms with Gasteiger partial charge in [-0.15, -0.1) is 12.4 Å². The van der Waals surface area contributed by atoms with E-state index in [0.29, 0.717) is 6.04 Å². The van der Waals surface area contributed by atoms with Crippen molar-refractivity contribution in [3.63, 3.8) is 0 Å². The van der Waals surface area contributed by atoms with Crippen molar-refractivity contribution < 1.29 is 4.39 Å². The third kappa shape index (κ3) is 5.24. The number of nitrogens with one attached hydrogen (secondary N) is 1.